The van der Waals surface area contributed by atoms with Crippen LogP contribution < -0.4 is 5.32 Å². The molecule has 1 N–H and O–H groups in total. The molecule has 7 heteroatoms. The van der Waals surface area contributed by atoms with Crippen molar-refractivity contribution in [2.24, 2.45) is 0 Å². The Morgan fingerprint density at radius 1 is 1.30 bits per heavy atom. The van der Waals surface area contributed by atoms with Gasteiger partial charge in [0.1, 0.15) is 5.60 Å². The highest BCUT2D eigenvalue weighted by Gasteiger charge is 2.21. The largest absolute Gasteiger partial charge is 0.444 e. The summed E-state index contributed by atoms with van der Waals surface area (Å²) in [7, 11) is -3.51. The van der Waals surface area contributed by atoms with Gasteiger partial charge < -0.3 is 10.1 Å². The highest BCUT2D eigenvalue weighted by molar-refractivity contribution is 7.85. The molecule has 23 heavy (non-hydrogen) atoms. The number of hydrogen-bond acceptors (Lipinski definition) is 5. The van der Waals surface area contributed by atoms with Crippen molar-refractivity contribution < 1.29 is 22.1 Å². The Kier molecular flexibility index (Phi) is 6.58. The standard InChI is InChI=1S/C16H25NO5S/c1-12-7-6-8-13(11-12)14(9-10-21-23(5,19)20)17-15(18)22-16(2,3)4/h6-8,11,14H,9-10H2,1-5H3,(H,17,18). The SMILES string of the molecule is Cc1cccc(C(CCOS(C)(=O)=O)NC(=O)OC(C)(C)C)c1. The first-order valence-electron chi connectivity index (χ1n) is 7.37. The molecule has 1 unspecified atom stereocenters. The molecule has 0 spiro atoms. The highest BCUT2D eigenvalue weighted by atomic mass is 32.2. The smallest absolute Gasteiger partial charge is 0.408 e. The molecule has 0 aliphatic heterocycles. The Balaban J connectivity index is 2.82. The van der Waals surface area contributed by atoms with E-state index in [1.807, 2.05) is 31.2 Å². The molecular weight excluding hydrogens is 318 g/mol. The predicted octanol–water partition coefficient (Wildman–Crippen LogP) is 2.93. The fourth-order valence-electron chi connectivity index (χ4n) is 1.98. The lowest BCUT2D eigenvalue weighted by atomic mass is 10.0. The molecule has 130 valence electrons. The minimum atomic E-state index is -3.51. The summed E-state index contributed by atoms with van der Waals surface area (Å²) in [5, 5.41) is 2.77. The van der Waals surface area contributed by atoms with E-state index in [0.29, 0.717) is 6.42 Å². The molecule has 1 aromatic rings. The molecule has 0 saturated heterocycles. The fraction of sp³-hybridized carbons (Fsp3) is 0.562. The van der Waals surface area contributed by atoms with Gasteiger partial charge in [0.05, 0.1) is 18.9 Å². The molecule has 0 bridgehead atoms. The summed E-state index contributed by atoms with van der Waals surface area (Å²) in [6.45, 7) is 7.26. The van der Waals surface area contributed by atoms with Crippen LogP contribution in [0.15, 0.2) is 24.3 Å². The Morgan fingerprint density at radius 3 is 2.48 bits per heavy atom. The van der Waals surface area contributed by atoms with E-state index < -0.39 is 27.9 Å². The van der Waals surface area contributed by atoms with Gasteiger partial charge in [-0.2, -0.15) is 8.42 Å². The Bertz CT molecular complexity index is 634. The van der Waals surface area contributed by atoms with Gasteiger partial charge in [-0.3, -0.25) is 4.18 Å². The Morgan fingerprint density at radius 2 is 1.96 bits per heavy atom. The number of benzene rings is 1. The second kappa shape index (κ2) is 7.79. The minimum absolute atomic E-state index is 0.0206. The quantitative estimate of drug-likeness (QED) is 0.803. The third-order valence-electron chi connectivity index (χ3n) is 2.84. The van der Waals surface area contributed by atoms with E-state index in [4.69, 9.17) is 8.92 Å². The number of amides is 1. The zero-order valence-electron chi connectivity index (χ0n) is 14.3. The summed E-state index contributed by atoms with van der Waals surface area (Å²) in [5.74, 6) is 0. The topological polar surface area (TPSA) is 81.7 Å². The summed E-state index contributed by atoms with van der Waals surface area (Å²) in [6, 6.07) is 7.23. The Labute approximate surface area is 138 Å². The first-order valence-corrected chi connectivity index (χ1v) is 9.18. The van der Waals surface area contributed by atoms with Crippen LogP contribution >= 0.6 is 0 Å². The number of rotatable bonds is 6. The number of carbonyl (C=O) groups excluding carboxylic acids is 1. The van der Waals surface area contributed by atoms with Crippen molar-refractivity contribution in [3.63, 3.8) is 0 Å². The number of hydrogen-bond donors (Lipinski definition) is 1. The lowest BCUT2D eigenvalue weighted by Gasteiger charge is -2.24. The summed E-state index contributed by atoms with van der Waals surface area (Å²) in [4.78, 5) is 12.0. The maximum atomic E-state index is 12.0. The van der Waals surface area contributed by atoms with Crippen molar-refractivity contribution in [1.82, 2.24) is 5.32 Å². The molecular formula is C16H25NO5S. The van der Waals surface area contributed by atoms with Crippen LogP contribution in [0.2, 0.25) is 0 Å². The number of nitrogens with one attached hydrogen (secondary N) is 1. The molecule has 6 nitrogen and oxygen atoms in total. The van der Waals surface area contributed by atoms with Crippen LogP contribution in [0.3, 0.4) is 0 Å². The van der Waals surface area contributed by atoms with E-state index in [0.717, 1.165) is 17.4 Å². The number of alkyl carbamates (subject to hydrolysis) is 1. The molecule has 0 fully saturated rings. The van der Waals surface area contributed by atoms with Gasteiger partial charge in [-0.1, -0.05) is 29.8 Å². The van der Waals surface area contributed by atoms with Crippen LogP contribution in [0, 0.1) is 6.92 Å². The van der Waals surface area contributed by atoms with E-state index in [9.17, 15) is 13.2 Å². The van der Waals surface area contributed by atoms with Crippen molar-refractivity contribution in [3.8, 4) is 0 Å². The fourth-order valence-corrected chi connectivity index (χ4v) is 2.38. The van der Waals surface area contributed by atoms with Gasteiger partial charge in [0.2, 0.25) is 0 Å². The van der Waals surface area contributed by atoms with E-state index in [-0.39, 0.29) is 6.61 Å². The molecule has 1 rings (SSSR count). The minimum Gasteiger partial charge on any atom is -0.444 e. The zero-order chi connectivity index (χ0) is 17.7. The van der Waals surface area contributed by atoms with E-state index >= 15 is 0 Å². The first-order chi connectivity index (χ1) is 10.5. The van der Waals surface area contributed by atoms with Crippen LogP contribution in [0.1, 0.15) is 44.4 Å². The molecule has 1 amide bonds. The van der Waals surface area contributed by atoms with Gasteiger partial charge in [0.15, 0.2) is 0 Å². The van der Waals surface area contributed by atoms with Crippen molar-refractivity contribution >= 4 is 16.2 Å². The third kappa shape index (κ3) is 8.56. The van der Waals surface area contributed by atoms with E-state index in [2.05, 4.69) is 5.32 Å². The maximum Gasteiger partial charge on any atom is 0.408 e. The van der Waals surface area contributed by atoms with Gasteiger partial charge in [-0.15, -0.1) is 0 Å². The molecule has 0 aliphatic carbocycles. The molecule has 1 atom stereocenters. The lowest BCUT2D eigenvalue weighted by molar-refractivity contribution is 0.0498. The number of aryl methyl sites for hydroxylation is 1. The van der Waals surface area contributed by atoms with E-state index in [1.165, 1.54) is 0 Å². The molecule has 0 heterocycles. The molecule has 0 aliphatic rings. The second-order valence-electron chi connectivity index (χ2n) is 6.43. The van der Waals surface area contributed by atoms with Crippen molar-refractivity contribution in [3.05, 3.63) is 35.4 Å². The number of ether oxygens (including phenoxy) is 1. The van der Waals surface area contributed by atoms with Gasteiger partial charge >= 0.3 is 6.09 Å². The second-order valence-corrected chi connectivity index (χ2v) is 8.07. The van der Waals surface area contributed by atoms with Gasteiger partial charge in [0.25, 0.3) is 10.1 Å². The average molecular weight is 343 g/mol. The van der Waals surface area contributed by atoms with Crippen LogP contribution in [-0.4, -0.2) is 33.0 Å². The van der Waals surface area contributed by atoms with Gasteiger partial charge in [0, 0.05) is 0 Å². The lowest BCUT2D eigenvalue weighted by Crippen LogP contribution is -2.35. The van der Waals surface area contributed by atoms with Gasteiger partial charge in [-0.25, -0.2) is 4.79 Å². The van der Waals surface area contributed by atoms with Crippen molar-refractivity contribution in [2.75, 3.05) is 12.9 Å². The summed E-state index contributed by atoms with van der Waals surface area (Å²) < 4.78 is 32.2. The summed E-state index contributed by atoms with van der Waals surface area (Å²) >= 11 is 0. The summed E-state index contributed by atoms with van der Waals surface area (Å²) in [6.07, 6.45) is 0.759. The first kappa shape index (κ1) is 19.4. The molecule has 0 radical (unpaired) electrons. The van der Waals surface area contributed by atoms with Crippen molar-refractivity contribution in [2.45, 2.75) is 45.8 Å². The normalized spacial score (nSPS) is 13.4. The third-order valence-corrected chi connectivity index (χ3v) is 3.43. The van der Waals surface area contributed by atoms with Crippen LogP contribution in [0.5, 0.6) is 0 Å². The predicted molar refractivity (Wildman–Crippen MR) is 88.7 cm³/mol. The number of carbonyl (C=O) groups is 1. The van der Waals surface area contributed by atoms with Crippen LogP contribution in [-0.2, 0) is 19.0 Å². The van der Waals surface area contributed by atoms with Crippen molar-refractivity contribution in [1.29, 1.82) is 0 Å². The van der Waals surface area contributed by atoms with Gasteiger partial charge in [-0.05, 0) is 39.7 Å². The van der Waals surface area contributed by atoms with E-state index in [1.54, 1.807) is 20.8 Å². The Hall–Kier alpha value is -1.60. The molecule has 0 aromatic heterocycles. The maximum absolute atomic E-state index is 12.0. The highest BCUT2D eigenvalue weighted by Crippen LogP contribution is 2.19. The molecule has 1 aromatic carbocycles. The van der Waals surface area contributed by atoms with Crippen LogP contribution in [0.25, 0.3) is 0 Å². The zero-order valence-corrected chi connectivity index (χ0v) is 15.1. The average Bonchev–Trinajstić information content (AvgIpc) is 2.33. The van der Waals surface area contributed by atoms with Crippen LogP contribution in [0.4, 0.5) is 4.79 Å². The molecule has 0 saturated carbocycles. The monoisotopic (exact) mass is 343 g/mol. The summed E-state index contributed by atoms with van der Waals surface area (Å²) in [5.41, 5.74) is 1.31.